The van der Waals surface area contributed by atoms with E-state index in [-0.39, 0.29) is 11.7 Å². The Balaban J connectivity index is 2.49. The number of carbonyl (C=O) groups excluding carboxylic acids is 1. The van der Waals surface area contributed by atoms with Crippen LogP contribution >= 0.6 is 0 Å². The molecule has 3 heteroatoms. The molecule has 1 aliphatic rings. The quantitative estimate of drug-likeness (QED) is 0.737. The molecule has 0 aromatic rings. The van der Waals surface area contributed by atoms with E-state index >= 15 is 0 Å². The zero-order chi connectivity index (χ0) is 13.4. The third-order valence-electron chi connectivity index (χ3n) is 3.27. The molecular weight excluding hydrogens is 226 g/mol. The van der Waals surface area contributed by atoms with Crippen molar-refractivity contribution < 1.29 is 9.53 Å². The molecule has 1 rings (SSSR count). The summed E-state index contributed by atoms with van der Waals surface area (Å²) in [5.41, 5.74) is -0.148. The lowest BCUT2D eigenvalue weighted by molar-refractivity contribution is -0.108. The van der Waals surface area contributed by atoms with Crippen molar-refractivity contribution in [1.82, 2.24) is 5.32 Å². The highest BCUT2D eigenvalue weighted by atomic mass is 16.5. The average Bonchev–Trinajstić information content (AvgIpc) is 2.28. The van der Waals surface area contributed by atoms with Gasteiger partial charge in [-0.2, -0.15) is 0 Å². The van der Waals surface area contributed by atoms with Crippen LogP contribution in [0.5, 0.6) is 0 Å². The minimum Gasteiger partial charge on any atom is -0.368 e. The molecule has 1 saturated carbocycles. The normalized spacial score (nSPS) is 19.9. The lowest BCUT2D eigenvalue weighted by Crippen LogP contribution is -2.28. The van der Waals surface area contributed by atoms with E-state index in [1.807, 2.05) is 6.08 Å². The van der Waals surface area contributed by atoms with Gasteiger partial charge in [-0.15, -0.1) is 0 Å². The van der Waals surface area contributed by atoms with E-state index in [1.165, 1.54) is 32.1 Å². The van der Waals surface area contributed by atoms with E-state index in [0.29, 0.717) is 6.41 Å². The van der Waals surface area contributed by atoms with Gasteiger partial charge < -0.3 is 10.1 Å². The largest absolute Gasteiger partial charge is 0.368 e. The Hall–Kier alpha value is -0.830. The lowest BCUT2D eigenvalue weighted by Gasteiger charge is -2.30. The first kappa shape index (κ1) is 15.2. The maximum absolute atomic E-state index is 10.3. The molecule has 104 valence electrons. The number of amides is 1. The second-order valence-corrected chi connectivity index (χ2v) is 6.15. The highest BCUT2D eigenvalue weighted by Crippen LogP contribution is 2.29. The molecule has 1 N–H and O–H groups in total. The number of carbonyl (C=O) groups is 1. The summed E-state index contributed by atoms with van der Waals surface area (Å²) >= 11 is 0. The number of nitrogens with one attached hydrogen (secondary N) is 1. The molecule has 1 fully saturated rings. The van der Waals surface area contributed by atoms with Crippen LogP contribution in [-0.2, 0) is 9.53 Å². The van der Waals surface area contributed by atoms with Crippen molar-refractivity contribution in [3.8, 4) is 0 Å². The third kappa shape index (κ3) is 6.80. The minimum absolute atomic E-state index is 0.0977. The Morgan fingerprint density at radius 2 is 1.94 bits per heavy atom. The van der Waals surface area contributed by atoms with E-state index < -0.39 is 0 Å². The van der Waals surface area contributed by atoms with Gasteiger partial charge in [-0.05, 0) is 39.2 Å². The molecule has 0 radical (unpaired) electrons. The first-order valence-electron chi connectivity index (χ1n) is 7.05. The highest BCUT2D eigenvalue weighted by Gasteiger charge is 2.22. The van der Waals surface area contributed by atoms with Crippen LogP contribution in [0.25, 0.3) is 0 Å². The Labute approximate surface area is 111 Å². The predicted octanol–water partition coefficient (Wildman–Crippen LogP) is 3.40. The van der Waals surface area contributed by atoms with Gasteiger partial charge in [0.25, 0.3) is 0 Å². The number of hydrogen-bond donors (Lipinski definition) is 1. The summed E-state index contributed by atoms with van der Waals surface area (Å²) in [6, 6.07) is 0. The van der Waals surface area contributed by atoms with Crippen molar-refractivity contribution in [1.29, 1.82) is 0 Å². The van der Waals surface area contributed by atoms with Crippen LogP contribution in [0.1, 0.15) is 59.3 Å². The summed E-state index contributed by atoms with van der Waals surface area (Å²) in [6.07, 6.45) is 12.2. The van der Waals surface area contributed by atoms with Crippen molar-refractivity contribution in [3.63, 3.8) is 0 Å². The predicted molar refractivity (Wildman–Crippen MR) is 74.2 cm³/mol. The molecule has 1 unspecified atom stereocenters. The van der Waals surface area contributed by atoms with Crippen molar-refractivity contribution in [2.75, 3.05) is 0 Å². The van der Waals surface area contributed by atoms with Crippen LogP contribution in [0.2, 0.25) is 0 Å². The van der Waals surface area contributed by atoms with Crippen LogP contribution in [0.15, 0.2) is 12.3 Å². The van der Waals surface area contributed by atoms with E-state index in [4.69, 9.17) is 4.74 Å². The summed E-state index contributed by atoms with van der Waals surface area (Å²) in [5.74, 6) is 0.770. The fourth-order valence-electron chi connectivity index (χ4n) is 2.57. The van der Waals surface area contributed by atoms with Crippen LogP contribution in [0.3, 0.4) is 0 Å². The summed E-state index contributed by atoms with van der Waals surface area (Å²) < 4.78 is 6.04. The van der Waals surface area contributed by atoms with Crippen LogP contribution in [0, 0.1) is 5.92 Å². The van der Waals surface area contributed by atoms with Crippen molar-refractivity contribution >= 4 is 6.41 Å². The van der Waals surface area contributed by atoms with E-state index in [9.17, 15) is 4.79 Å². The molecule has 18 heavy (non-hydrogen) atoms. The molecule has 1 amide bonds. The Kier molecular flexibility index (Phi) is 6.41. The summed E-state index contributed by atoms with van der Waals surface area (Å²) in [5, 5.41) is 2.56. The molecule has 0 spiro atoms. The van der Waals surface area contributed by atoms with Gasteiger partial charge in [0.2, 0.25) is 6.41 Å². The zero-order valence-electron chi connectivity index (χ0n) is 11.9. The lowest BCUT2D eigenvalue weighted by atomic mass is 9.85. The van der Waals surface area contributed by atoms with Crippen molar-refractivity contribution in [3.05, 3.63) is 12.3 Å². The second kappa shape index (κ2) is 7.57. The first-order valence-corrected chi connectivity index (χ1v) is 7.05. The standard InChI is InChI=1S/C15H27NO2/c1-15(2,3)18-14(9-10-16-12-17)11-13-7-5-4-6-8-13/h9-10,12-14H,4-8,11H2,1-3H3,(H,16,17). The molecule has 1 atom stereocenters. The molecule has 3 nitrogen and oxygen atoms in total. The van der Waals surface area contributed by atoms with Crippen LogP contribution < -0.4 is 5.32 Å². The van der Waals surface area contributed by atoms with E-state index in [0.717, 1.165) is 12.3 Å². The van der Waals surface area contributed by atoms with Gasteiger partial charge in [0.15, 0.2) is 0 Å². The molecule has 0 heterocycles. The molecule has 0 bridgehead atoms. The van der Waals surface area contributed by atoms with Gasteiger partial charge in [-0.1, -0.05) is 32.1 Å². The summed E-state index contributed by atoms with van der Waals surface area (Å²) in [6.45, 7) is 6.21. The Morgan fingerprint density at radius 1 is 1.28 bits per heavy atom. The van der Waals surface area contributed by atoms with Gasteiger partial charge in [0, 0.05) is 6.20 Å². The second-order valence-electron chi connectivity index (χ2n) is 6.15. The monoisotopic (exact) mass is 253 g/mol. The smallest absolute Gasteiger partial charge is 0.211 e. The van der Waals surface area contributed by atoms with Gasteiger partial charge >= 0.3 is 0 Å². The SMILES string of the molecule is CC(C)(C)OC(C=CNC=O)CC1CCCCC1. The maximum Gasteiger partial charge on any atom is 0.211 e. The van der Waals surface area contributed by atoms with Gasteiger partial charge in [-0.25, -0.2) is 0 Å². The number of rotatable bonds is 6. The molecule has 0 aromatic carbocycles. The van der Waals surface area contributed by atoms with Crippen molar-refractivity contribution in [2.45, 2.75) is 71.0 Å². The molecule has 1 aliphatic carbocycles. The van der Waals surface area contributed by atoms with Gasteiger partial charge in [0.05, 0.1) is 11.7 Å². The fraction of sp³-hybridized carbons (Fsp3) is 0.800. The molecular formula is C15H27NO2. The zero-order valence-corrected chi connectivity index (χ0v) is 11.9. The highest BCUT2D eigenvalue weighted by molar-refractivity contribution is 5.47. The van der Waals surface area contributed by atoms with Gasteiger partial charge in [-0.3, -0.25) is 4.79 Å². The maximum atomic E-state index is 10.3. The summed E-state index contributed by atoms with van der Waals surface area (Å²) in [4.78, 5) is 10.3. The van der Waals surface area contributed by atoms with E-state index in [2.05, 4.69) is 26.1 Å². The Bertz CT molecular complexity index is 262. The topological polar surface area (TPSA) is 38.3 Å². The van der Waals surface area contributed by atoms with E-state index in [1.54, 1.807) is 6.20 Å². The average molecular weight is 253 g/mol. The Morgan fingerprint density at radius 3 is 2.50 bits per heavy atom. The fourth-order valence-corrected chi connectivity index (χ4v) is 2.57. The molecule has 0 aliphatic heterocycles. The van der Waals surface area contributed by atoms with Crippen molar-refractivity contribution in [2.24, 2.45) is 5.92 Å². The van der Waals surface area contributed by atoms with Crippen LogP contribution in [0.4, 0.5) is 0 Å². The number of hydrogen-bond acceptors (Lipinski definition) is 2. The minimum atomic E-state index is -0.148. The molecule has 0 aromatic heterocycles. The first-order chi connectivity index (χ1) is 8.51. The van der Waals surface area contributed by atoms with Crippen LogP contribution in [-0.4, -0.2) is 18.1 Å². The summed E-state index contributed by atoms with van der Waals surface area (Å²) in [7, 11) is 0. The third-order valence-corrected chi connectivity index (χ3v) is 3.27. The van der Waals surface area contributed by atoms with Gasteiger partial charge in [0.1, 0.15) is 0 Å². The molecule has 0 saturated heterocycles. The number of ether oxygens (including phenoxy) is 1.